The number of piperidine rings is 1. The molecule has 0 radical (unpaired) electrons. The Morgan fingerprint density at radius 1 is 0.930 bits per heavy atom. The second kappa shape index (κ2) is 12.2. The van der Waals surface area contributed by atoms with Crippen molar-refractivity contribution in [1.29, 1.82) is 0 Å². The number of amides is 3. The highest BCUT2D eigenvalue weighted by Gasteiger charge is 2.30. The van der Waals surface area contributed by atoms with Crippen molar-refractivity contribution in [3.05, 3.63) is 54.1 Å². The molecule has 5 rings (SSSR count). The van der Waals surface area contributed by atoms with Gasteiger partial charge in [0.2, 0.25) is 11.8 Å². The second-order valence-electron chi connectivity index (χ2n) is 11.2. The maximum Gasteiger partial charge on any atom is 0.295 e. The summed E-state index contributed by atoms with van der Waals surface area (Å²) >= 11 is 0. The molecule has 1 fully saturated rings. The van der Waals surface area contributed by atoms with Gasteiger partial charge in [-0.15, -0.1) is 0 Å². The van der Waals surface area contributed by atoms with Crippen molar-refractivity contribution in [2.75, 3.05) is 13.1 Å². The lowest BCUT2D eigenvalue weighted by molar-refractivity contribution is -0.136. The Morgan fingerprint density at radius 2 is 1.53 bits per heavy atom. The first-order valence-corrected chi connectivity index (χ1v) is 15.7. The summed E-state index contributed by atoms with van der Waals surface area (Å²) in [6.07, 6.45) is 1.95. The number of nitrogens with one attached hydrogen (secondary N) is 2. The standard InChI is InChI=1S/C31H34N4O7S/c1-18(36)2-11-25(31(39)34-32)33-30(38)22-14-16-35(17-15-22)27(37)13-8-19-3-4-20-5-6-21-7-12-26(43(40,41)42)24-10-9-23(19)28(20)29(21)24/h3-7,9-10,12,22,25H,2,8,11,13-17,32H2,1H3,(H,33,38)(H,34,39)(H,40,41,42). The van der Waals surface area contributed by atoms with Gasteiger partial charge in [0, 0.05) is 37.2 Å². The lowest BCUT2D eigenvalue weighted by atomic mass is 9.90. The molecule has 11 nitrogen and oxygen atoms in total. The van der Waals surface area contributed by atoms with Crippen LogP contribution in [0.4, 0.5) is 0 Å². The molecule has 5 N–H and O–H groups in total. The Morgan fingerprint density at radius 3 is 2.16 bits per heavy atom. The molecular weight excluding hydrogens is 572 g/mol. The molecule has 0 saturated carbocycles. The quantitative estimate of drug-likeness (QED) is 0.0700. The number of hydrogen-bond acceptors (Lipinski definition) is 7. The van der Waals surface area contributed by atoms with Crippen molar-refractivity contribution in [3.8, 4) is 0 Å². The van der Waals surface area contributed by atoms with Crippen LogP contribution in [0.3, 0.4) is 0 Å². The van der Waals surface area contributed by atoms with Crippen LogP contribution in [0.25, 0.3) is 32.3 Å². The number of Topliss-reactive ketones (excluding diaryl/α,β-unsaturated/α-hetero) is 1. The third-order valence-electron chi connectivity index (χ3n) is 8.38. The summed E-state index contributed by atoms with van der Waals surface area (Å²) in [6, 6.07) is 13.6. The molecule has 0 bridgehead atoms. The van der Waals surface area contributed by atoms with Gasteiger partial charge >= 0.3 is 0 Å². The third kappa shape index (κ3) is 6.31. The van der Waals surface area contributed by atoms with E-state index in [1.165, 1.54) is 13.0 Å². The van der Waals surface area contributed by atoms with Gasteiger partial charge in [-0.25, -0.2) is 5.84 Å². The molecule has 0 aromatic heterocycles. The van der Waals surface area contributed by atoms with Crippen LogP contribution in [0.5, 0.6) is 0 Å². The molecule has 1 aliphatic heterocycles. The minimum Gasteiger partial charge on any atom is -0.344 e. The highest BCUT2D eigenvalue weighted by molar-refractivity contribution is 7.86. The Kier molecular flexibility index (Phi) is 8.63. The average molecular weight is 607 g/mol. The van der Waals surface area contributed by atoms with Gasteiger partial charge in [0.25, 0.3) is 16.0 Å². The minimum absolute atomic E-state index is 0.0277. The predicted molar refractivity (Wildman–Crippen MR) is 162 cm³/mol. The lowest BCUT2D eigenvalue weighted by Crippen LogP contribution is -2.51. The van der Waals surface area contributed by atoms with Gasteiger partial charge in [-0.1, -0.05) is 42.5 Å². The van der Waals surface area contributed by atoms with Crippen LogP contribution in [-0.2, 0) is 35.7 Å². The number of rotatable bonds is 10. The highest BCUT2D eigenvalue weighted by atomic mass is 32.2. The summed E-state index contributed by atoms with van der Waals surface area (Å²) < 4.78 is 33.8. The van der Waals surface area contributed by atoms with E-state index in [4.69, 9.17) is 5.84 Å². The van der Waals surface area contributed by atoms with E-state index in [1.54, 1.807) is 17.0 Å². The van der Waals surface area contributed by atoms with E-state index < -0.39 is 22.1 Å². The van der Waals surface area contributed by atoms with Gasteiger partial charge in [-0.05, 0) is 71.2 Å². The molecule has 4 aromatic carbocycles. The summed E-state index contributed by atoms with van der Waals surface area (Å²) in [5.41, 5.74) is 2.98. The molecule has 0 spiro atoms. The number of hydrogen-bond donors (Lipinski definition) is 4. The number of nitrogens with zero attached hydrogens (tertiary/aromatic N) is 1. The van der Waals surface area contributed by atoms with Crippen LogP contribution in [0.15, 0.2) is 53.4 Å². The maximum absolute atomic E-state index is 13.2. The van der Waals surface area contributed by atoms with Gasteiger partial charge in [-0.2, -0.15) is 8.42 Å². The number of benzene rings is 4. The Hall–Kier alpha value is -4.13. The smallest absolute Gasteiger partial charge is 0.295 e. The highest BCUT2D eigenvalue weighted by Crippen LogP contribution is 2.38. The van der Waals surface area contributed by atoms with Crippen LogP contribution in [0, 0.1) is 5.92 Å². The number of carbonyl (C=O) groups excluding carboxylic acids is 4. The van der Waals surface area contributed by atoms with Gasteiger partial charge in [0.15, 0.2) is 0 Å². The van der Waals surface area contributed by atoms with Crippen molar-refractivity contribution in [1.82, 2.24) is 15.6 Å². The monoisotopic (exact) mass is 606 g/mol. The van der Waals surface area contributed by atoms with Crippen LogP contribution in [0.2, 0.25) is 0 Å². The lowest BCUT2D eigenvalue weighted by Gasteiger charge is -2.32. The van der Waals surface area contributed by atoms with E-state index in [0.29, 0.717) is 37.7 Å². The van der Waals surface area contributed by atoms with Crippen molar-refractivity contribution in [3.63, 3.8) is 0 Å². The molecule has 43 heavy (non-hydrogen) atoms. The minimum atomic E-state index is -4.41. The molecule has 0 aliphatic carbocycles. The van der Waals surface area contributed by atoms with Crippen molar-refractivity contribution >= 4 is 65.9 Å². The fraction of sp³-hybridized carbons (Fsp3) is 0.355. The number of ketones is 1. The summed E-state index contributed by atoms with van der Waals surface area (Å²) in [5.74, 6) is 3.89. The molecule has 1 atom stereocenters. The predicted octanol–water partition coefficient (Wildman–Crippen LogP) is 2.85. The SMILES string of the molecule is CC(=O)CCC(NC(=O)C1CCN(C(=O)CCc2ccc3ccc4ccc(S(=O)(=O)O)c5ccc2c3c45)CC1)C(=O)NN. The van der Waals surface area contributed by atoms with Crippen molar-refractivity contribution < 1.29 is 32.1 Å². The molecular formula is C31H34N4O7S. The number of aryl methyl sites for hydroxylation is 1. The first-order valence-electron chi connectivity index (χ1n) is 14.2. The van der Waals surface area contributed by atoms with Gasteiger partial charge in [0.05, 0.1) is 0 Å². The van der Waals surface area contributed by atoms with Crippen LogP contribution < -0.4 is 16.6 Å². The van der Waals surface area contributed by atoms with E-state index in [0.717, 1.165) is 32.5 Å². The van der Waals surface area contributed by atoms with Crippen LogP contribution in [0.1, 0.15) is 44.6 Å². The zero-order valence-electron chi connectivity index (χ0n) is 23.8. The summed E-state index contributed by atoms with van der Waals surface area (Å²) in [6.45, 7) is 2.24. The van der Waals surface area contributed by atoms with Crippen LogP contribution >= 0.6 is 0 Å². The van der Waals surface area contributed by atoms with E-state index in [9.17, 15) is 32.1 Å². The van der Waals surface area contributed by atoms with E-state index in [2.05, 4.69) is 5.32 Å². The molecule has 12 heteroatoms. The first kappa shape index (κ1) is 30.3. The molecule has 1 saturated heterocycles. The summed E-state index contributed by atoms with van der Waals surface area (Å²) in [4.78, 5) is 51.0. The van der Waals surface area contributed by atoms with Crippen LogP contribution in [-0.4, -0.2) is 60.5 Å². The Labute approximate surface area is 248 Å². The van der Waals surface area contributed by atoms with E-state index in [-0.39, 0.29) is 47.7 Å². The third-order valence-corrected chi connectivity index (χ3v) is 9.29. The Bertz CT molecular complexity index is 1830. The molecule has 1 aliphatic rings. The van der Waals surface area contributed by atoms with Crippen molar-refractivity contribution in [2.45, 2.75) is 56.4 Å². The van der Waals surface area contributed by atoms with Gasteiger partial charge in [0.1, 0.15) is 16.7 Å². The fourth-order valence-electron chi connectivity index (χ4n) is 6.07. The van der Waals surface area contributed by atoms with Crippen molar-refractivity contribution in [2.24, 2.45) is 11.8 Å². The number of carbonyl (C=O) groups is 4. The molecule has 1 heterocycles. The van der Waals surface area contributed by atoms with E-state index >= 15 is 0 Å². The second-order valence-corrected chi connectivity index (χ2v) is 12.5. The fourth-order valence-corrected chi connectivity index (χ4v) is 6.76. The number of hydrazine groups is 1. The summed E-state index contributed by atoms with van der Waals surface area (Å²) in [5, 5.41) is 7.51. The van der Waals surface area contributed by atoms with E-state index in [1.807, 2.05) is 35.8 Å². The molecule has 4 aromatic rings. The maximum atomic E-state index is 13.2. The number of nitrogens with two attached hydrogens (primary N) is 1. The average Bonchev–Trinajstić information content (AvgIpc) is 2.99. The number of likely N-dealkylation sites (tertiary alicyclic amines) is 1. The zero-order chi connectivity index (χ0) is 30.9. The Balaban J connectivity index is 1.25. The van der Waals surface area contributed by atoms with Gasteiger partial charge in [-0.3, -0.25) is 24.4 Å². The largest absolute Gasteiger partial charge is 0.344 e. The zero-order valence-corrected chi connectivity index (χ0v) is 24.6. The molecule has 226 valence electrons. The summed E-state index contributed by atoms with van der Waals surface area (Å²) in [7, 11) is -4.41. The molecule has 1 unspecified atom stereocenters. The normalized spacial score (nSPS) is 15.2. The topological polar surface area (TPSA) is 176 Å². The molecule has 3 amide bonds. The van der Waals surface area contributed by atoms with Gasteiger partial charge < -0.3 is 15.0 Å². The first-order chi connectivity index (χ1) is 20.5.